The highest BCUT2D eigenvalue weighted by molar-refractivity contribution is 6.12. The lowest BCUT2D eigenvalue weighted by molar-refractivity contribution is 0.792. The summed E-state index contributed by atoms with van der Waals surface area (Å²) in [5.41, 5.74) is 23.0. The molecule has 1 nitrogen and oxygen atoms in total. The van der Waals surface area contributed by atoms with Crippen molar-refractivity contribution < 1.29 is 0 Å². The summed E-state index contributed by atoms with van der Waals surface area (Å²) in [5, 5.41) is 5.12. The summed E-state index contributed by atoms with van der Waals surface area (Å²) in [6.45, 7) is 6.44. The minimum Gasteiger partial charge on any atom is -0.309 e. The molecule has 1 spiro atoms. The number of aryl methyl sites for hydroxylation is 2. The second-order valence-electron chi connectivity index (χ2n) is 17.6. The predicted molar refractivity (Wildman–Crippen MR) is 276 cm³/mol. The molecule has 0 N–H and O–H groups in total. The Bertz CT molecular complexity index is 3610. The molecule has 0 unspecified atom stereocenters. The van der Waals surface area contributed by atoms with Gasteiger partial charge in [-0.25, -0.2) is 0 Å². The number of allylic oxidation sites excluding steroid dienone is 1. The van der Waals surface area contributed by atoms with E-state index in [-0.39, 0.29) is 5.41 Å². The van der Waals surface area contributed by atoms with Gasteiger partial charge >= 0.3 is 0 Å². The van der Waals surface area contributed by atoms with Gasteiger partial charge in [-0.1, -0.05) is 200 Å². The molecule has 13 rings (SSSR count). The molecule has 0 radical (unpaired) electrons. The van der Waals surface area contributed by atoms with E-state index in [0.717, 1.165) is 0 Å². The van der Waals surface area contributed by atoms with Gasteiger partial charge in [-0.3, -0.25) is 0 Å². The lowest BCUT2D eigenvalue weighted by Crippen LogP contribution is -2.26. The van der Waals surface area contributed by atoms with Gasteiger partial charge in [0, 0.05) is 16.5 Å². The number of para-hydroxylation sites is 1. The first-order chi connectivity index (χ1) is 32.0. The molecule has 0 saturated carbocycles. The molecule has 2 aliphatic rings. The molecule has 0 saturated heterocycles. The molecule has 0 bridgehead atoms. The van der Waals surface area contributed by atoms with Crippen LogP contribution in [0, 0.1) is 13.8 Å². The molecule has 0 fully saturated rings. The quantitative estimate of drug-likeness (QED) is 0.167. The van der Waals surface area contributed by atoms with Gasteiger partial charge in [0.05, 0.1) is 16.4 Å². The second-order valence-corrected chi connectivity index (χ2v) is 17.6. The molecule has 1 heteroatoms. The summed E-state index contributed by atoms with van der Waals surface area (Å²) < 4.78 is 2.48. The SMILES string of the molecule is C/C=C\c1cc(-c2ccc3c(c2)c2ccccc2n3-c2ccc3c(c2)C2(c4ccccc4-c4ccccc42)c2ccccc2-3)c2ccccc2c1C.Cc1ccc(-c2ccccc2)cc1. The predicted octanol–water partition coefficient (Wildman–Crippen LogP) is 17.0. The fourth-order valence-corrected chi connectivity index (χ4v) is 11.2. The van der Waals surface area contributed by atoms with Crippen molar-refractivity contribution in [2.45, 2.75) is 26.2 Å². The van der Waals surface area contributed by atoms with E-state index in [4.69, 9.17) is 0 Å². The number of hydrogen-bond acceptors (Lipinski definition) is 0. The third-order valence-corrected chi connectivity index (χ3v) is 14.1. The molecule has 0 atom stereocenters. The molecule has 0 aliphatic heterocycles. The van der Waals surface area contributed by atoms with Crippen LogP contribution in [0.3, 0.4) is 0 Å². The Morgan fingerprint density at radius 2 is 0.892 bits per heavy atom. The van der Waals surface area contributed by atoms with Crippen molar-refractivity contribution in [3.63, 3.8) is 0 Å². The number of benzene rings is 10. The Balaban J connectivity index is 0.000000295. The number of hydrogen-bond donors (Lipinski definition) is 0. The van der Waals surface area contributed by atoms with Crippen molar-refractivity contribution in [2.75, 3.05) is 0 Å². The summed E-state index contributed by atoms with van der Waals surface area (Å²) in [6, 6.07) is 80.5. The second kappa shape index (κ2) is 15.4. The normalized spacial score (nSPS) is 12.9. The van der Waals surface area contributed by atoms with Gasteiger partial charge < -0.3 is 4.57 Å². The fraction of sp³-hybridized carbons (Fsp3) is 0.0625. The average Bonchev–Trinajstić information content (AvgIpc) is 3.97. The highest BCUT2D eigenvalue weighted by Crippen LogP contribution is 2.63. The van der Waals surface area contributed by atoms with Crippen LogP contribution < -0.4 is 0 Å². The molecule has 1 heterocycles. The highest BCUT2D eigenvalue weighted by Gasteiger charge is 2.51. The van der Waals surface area contributed by atoms with Gasteiger partial charge in [-0.2, -0.15) is 0 Å². The van der Waals surface area contributed by atoms with Gasteiger partial charge in [0.2, 0.25) is 0 Å². The summed E-state index contributed by atoms with van der Waals surface area (Å²) >= 11 is 0. The molecule has 10 aromatic carbocycles. The topological polar surface area (TPSA) is 4.93 Å². The van der Waals surface area contributed by atoms with E-state index in [1.54, 1.807) is 0 Å². The zero-order valence-electron chi connectivity index (χ0n) is 36.9. The fourth-order valence-electron chi connectivity index (χ4n) is 11.2. The number of fused-ring (bicyclic) bond motifs is 14. The maximum Gasteiger partial charge on any atom is 0.0726 e. The van der Waals surface area contributed by atoms with Crippen LogP contribution >= 0.6 is 0 Å². The third kappa shape index (κ3) is 5.93. The van der Waals surface area contributed by atoms with Crippen LogP contribution in [0.25, 0.3) is 88.8 Å². The van der Waals surface area contributed by atoms with Crippen LogP contribution in [0.4, 0.5) is 0 Å². The van der Waals surface area contributed by atoms with E-state index >= 15 is 0 Å². The molecule has 2 aliphatic carbocycles. The third-order valence-electron chi connectivity index (χ3n) is 14.1. The maximum atomic E-state index is 2.49. The van der Waals surface area contributed by atoms with Gasteiger partial charge in [0.1, 0.15) is 0 Å². The lowest BCUT2D eigenvalue weighted by Gasteiger charge is -2.30. The smallest absolute Gasteiger partial charge is 0.0726 e. The van der Waals surface area contributed by atoms with E-state index in [2.05, 4.69) is 250 Å². The molecule has 11 aromatic rings. The first-order valence-electron chi connectivity index (χ1n) is 22.8. The highest BCUT2D eigenvalue weighted by atomic mass is 15.0. The van der Waals surface area contributed by atoms with Crippen LogP contribution in [0.2, 0.25) is 0 Å². The van der Waals surface area contributed by atoms with Crippen LogP contribution in [0.15, 0.2) is 224 Å². The van der Waals surface area contributed by atoms with E-state index < -0.39 is 0 Å². The van der Waals surface area contributed by atoms with Crippen molar-refractivity contribution in [3.8, 4) is 50.2 Å². The Kier molecular flexibility index (Phi) is 9.14. The standard InChI is InChI=1S/C51H35N.C13H12/c1-3-14-33-29-43(37-16-5-4-15-36(37)32(33)2)34-25-28-50-44(30-34)42-20-9-13-24-49(42)52(50)35-26-27-41-40-19-8-12-23-47(40)51(48(41)31-35)45-21-10-6-17-38(45)39-18-7-11-22-46(39)51;1-11-7-9-13(10-8-11)12-5-3-2-4-6-12/h3-31H,1-2H3;2-10H,1H3/b14-3-;. The summed E-state index contributed by atoms with van der Waals surface area (Å²) in [6.07, 6.45) is 4.37. The van der Waals surface area contributed by atoms with Crippen LogP contribution in [-0.2, 0) is 5.41 Å². The van der Waals surface area contributed by atoms with Crippen molar-refractivity contribution in [2.24, 2.45) is 0 Å². The first-order valence-corrected chi connectivity index (χ1v) is 22.8. The van der Waals surface area contributed by atoms with E-state index in [1.165, 1.54) is 122 Å². The zero-order valence-corrected chi connectivity index (χ0v) is 36.9. The van der Waals surface area contributed by atoms with Crippen LogP contribution in [0.1, 0.15) is 45.9 Å². The minimum atomic E-state index is -0.377. The van der Waals surface area contributed by atoms with E-state index in [9.17, 15) is 0 Å². The van der Waals surface area contributed by atoms with Gasteiger partial charge in [0.25, 0.3) is 0 Å². The molecular weight excluding hydrogens is 783 g/mol. The Morgan fingerprint density at radius 3 is 1.55 bits per heavy atom. The monoisotopic (exact) mass is 829 g/mol. The van der Waals surface area contributed by atoms with Gasteiger partial charge in [0.15, 0.2) is 0 Å². The van der Waals surface area contributed by atoms with Crippen LogP contribution in [0.5, 0.6) is 0 Å². The zero-order chi connectivity index (χ0) is 43.6. The van der Waals surface area contributed by atoms with Crippen molar-refractivity contribution in [1.29, 1.82) is 0 Å². The van der Waals surface area contributed by atoms with Crippen LogP contribution in [-0.4, -0.2) is 4.57 Å². The number of nitrogens with zero attached hydrogens (tertiary/aromatic N) is 1. The Hall–Kier alpha value is -8.00. The summed E-state index contributed by atoms with van der Waals surface area (Å²) in [5.74, 6) is 0. The molecule has 1 aromatic heterocycles. The Labute approximate surface area is 381 Å². The molecule has 308 valence electrons. The van der Waals surface area contributed by atoms with Crippen molar-refractivity contribution in [1.82, 2.24) is 4.57 Å². The molecular formula is C64H47N. The lowest BCUT2D eigenvalue weighted by atomic mass is 9.70. The maximum absolute atomic E-state index is 2.49. The van der Waals surface area contributed by atoms with Crippen molar-refractivity contribution >= 4 is 38.7 Å². The summed E-state index contributed by atoms with van der Waals surface area (Å²) in [7, 11) is 0. The van der Waals surface area contributed by atoms with Gasteiger partial charge in [-0.05, 0) is 146 Å². The van der Waals surface area contributed by atoms with Gasteiger partial charge in [-0.15, -0.1) is 0 Å². The Morgan fingerprint density at radius 1 is 0.369 bits per heavy atom. The average molecular weight is 830 g/mol. The largest absolute Gasteiger partial charge is 0.309 e. The van der Waals surface area contributed by atoms with E-state index in [0.29, 0.717) is 0 Å². The minimum absolute atomic E-state index is 0.377. The number of rotatable bonds is 4. The molecule has 0 amide bonds. The summed E-state index contributed by atoms with van der Waals surface area (Å²) in [4.78, 5) is 0. The number of aromatic nitrogens is 1. The first kappa shape index (κ1) is 38.7. The molecule has 65 heavy (non-hydrogen) atoms. The van der Waals surface area contributed by atoms with E-state index in [1.807, 2.05) is 6.07 Å². The van der Waals surface area contributed by atoms with Crippen molar-refractivity contribution in [3.05, 3.63) is 263 Å².